The number of aliphatic hydroxyl groups is 1. The Hall–Kier alpha value is -1.94. The van der Waals surface area contributed by atoms with Crippen LogP contribution in [0.4, 0.5) is 0 Å². The molecule has 2 aromatic heterocycles. The van der Waals surface area contributed by atoms with E-state index in [9.17, 15) is 5.11 Å². The summed E-state index contributed by atoms with van der Waals surface area (Å²) in [6.45, 7) is 8.27. The first-order valence-electron chi connectivity index (χ1n) is 7.37. The molecule has 0 spiro atoms. The van der Waals surface area contributed by atoms with E-state index in [1.165, 1.54) is 0 Å². The number of fused-ring (bicyclic) bond motifs is 3. The topological polar surface area (TPSA) is 50.9 Å². The number of imidazole rings is 1. The SMILES string of the molecule is CCc1nc2c(C)nc3ccccc3c2n1CC(C)(C)O. The molecule has 3 rings (SSSR count). The van der Waals surface area contributed by atoms with E-state index in [1.54, 1.807) is 0 Å². The first-order valence-corrected chi connectivity index (χ1v) is 7.37. The van der Waals surface area contributed by atoms with Gasteiger partial charge in [0.2, 0.25) is 0 Å². The number of para-hydroxylation sites is 1. The van der Waals surface area contributed by atoms with Crippen molar-refractivity contribution < 1.29 is 5.11 Å². The van der Waals surface area contributed by atoms with Crippen molar-refractivity contribution in [2.24, 2.45) is 0 Å². The Labute approximate surface area is 124 Å². The Morgan fingerprint density at radius 3 is 2.57 bits per heavy atom. The lowest BCUT2D eigenvalue weighted by Gasteiger charge is -2.20. The normalized spacial score (nSPS) is 12.4. The average molecular weight is 283 g/mol. The van der Waals surface area contributed by atoms with E-state index in [0.29, 0.717) is 6.54 Å². The maximum Gasteiger partial charge on any atom is 0.111 e. The van der Waals surface area contributed by atoms with Crippen LogP contribution in [0.3, 0.4) is 0 Å². The number of benzene rings is 1. The van der Waals surface area contributed by atoms with E-state index in [2.05, 4.69) is 22.5 Å². The van der Waals surface area contributed by atoms with Gasteiger partial charge in [0, 0.05) is 11.8 Å². The molecule has 0 atom stereocenters. The van der Waals surface area contributed by atoms with E-state index in [4.69, 9.17) is 4.98 Å². The van der Waals surface area contributed by atoms with Crippen molar-refractivity contribution in [3.05, 3.63) is 35.8 Å². The molecule has 2 heterocycles. The lowest BCUT2D eigenvalue weighted by molar-refractivity contribution is 0.0619. The van der Waals surface area contributed by atoms with E-state index in [0.717, 1.165) is 39.9 Å². The summed E-state index contributed by atoms with van der Waals surface area (Å²) in [5.41, 5.74) is 3.15. The predicted molar refractivity (Wildman–Crippen MR) is 85.4 cm³/mol. The van der Waals surface area contributed by atoms with Gasteiger partial charge in [-0.05, 0) is 26.8 Å². The lowest BCUT2D eigenvalue weighted by atomic mass is 10.1. The Morgan fingerprint density at radius 2 is 1.90 bits per heavy atom. The van der Waals surface area contributed by atoms with Gasteiger partial charge in [0.1, 0.15) is 11.3 Å². The number of nitrogens with zero attached hydrogens (tertiary/aromatic N) is 3. The number of pyridine rings is 1. The Morgan fingerprint density at radius 1 is 1.19 bits per heavy atom. The van der Waals surface area contributed by atoms with Crippen molar-refractivity contribution in [3.63, 3.8) is 0 Å². The molecule has 3 aromatic rings. The zero-order valence-electron chi connectivity index (χ0n) is 13.0. The molecule has 110 valence electrons. The largest absolute Gasteiger partial charge is 0.389 e. The van der Waals surface area contributed by atoms with E-state index in [-0.39, 0.29) is 0 Å². The maximum absolute atomic E-state index is 10.2. The molecule has 0 aliphatic rings. The maximum atomic E-state index is 10.2. The second-order valence-corrected chi connectivity index (χ2v) is 6.19. The van der Waals surface area contributed by atoms with Gasteiger partial charge in [-0.3, -0.25) is 4.98 Å². The van der Waals surface area contributed by atoms with Crippen LogP contribution < -0.4 is 0 Å². The third-order valence-corrected chi connectivity index (χ3v) is 3.70. The van der Waals surface area contributed by atoms with Crippen LogP contribution in [-0.4, -0.2) is 25.2 Å². The fraction of sp³-hybridized carbons (Fsp3) is 0.412. The van der Waals surface area contributed by atoms with Crippen LogP contribution in [0.1, 0.15) is 32.3 Å². The summed E-state index contributed by atoms with van der Waals surface area (Å²) in [6, 6.07) is 8.12. The van der Waals surface area contributed by atoms with Crippen LogP contribution in [0.25, 0.3) is 21.9 Å². The minimum absolute atomic E-state index is 0.528. The van der Waals surface area contributed by atoms with Crippen LogP contribution in [0.5, 0.6) is 0 Å². The highest BCUT2D eigenvalue weighted by Gasteiger charge is 2.21. The van der Waals surface area contributed by atoms with Gasteiger partial charge in [0.25, 0.3) is 0 Å². The standard InChI is InChI=1S/C17H21N3O/c1-5-14-19-15-11(2)18-13-9-7-6-8-12(13)16(15)20(14)10-17(3,4)21/h6-9,21H,5,10H2,1-4H3. The van der Waals surface area contributed by atoms with Gasteiger partial charge in [0.05, 0.1) is 28.9 Å². The molecule has 0 amide bonds. The smallest absolute Gasteiger partial charge is 0.111 e. The van der Waals surface area contributed by atoms with Gasteiger partial charge < -0.3 is 9.67 Å². The summed E-state index contributed by atoms with van der Waals surface area (Å²) in [5.74, 6) is 0.994. The highest BCUT2D eigenvalue weighted by Crippen LogP contribution is 2.28. The molecule has 0 bridgehead atoms. The Balaban J connectivity index is 2.43. The molecule has 4 nitrogen and oxygen atoms in total. The highest BCUT2D eigenvalue weighted by atomic mass is 16.3. The molecule has 4 heteroatoms. The third-order valence-electron chi connectivity index (χ3n) is 3.70. The molecule has 1 N–H and O–H groups in total. The van der Waals surface area contributed by atoms with Crippen molar-refractivity contribution >= 4 is 21.9 Å². The van der Waals surface area contributed by atoms with Gasteiger partial charge in [0.15, 0.2) is 0 Å². The van der Waals surface area contributed by atoms with Gasteiger partial charge >= 0.3 is 0 Å². The Kier molecular flexibility index (Phi) is 3.21. The van der Waals surface area contributed by atoms with Crippen LogP contribution in [0.2, 0.25) is 0 Å². The fourth-order valence-corrected chi connectivity index (χ4v) is 2.86. The van der Waals surface area contributed by atoms with Gasteiger partial charge in [-0.1, -0.05) is 25.1 Å². The molecule has 21 heavy (non-hydrogen) atoms. The molecular weight excluding hydrogens is 262 g/mol. The molecular formula is C17H21N3O. The number of hydrogen-bond donors (Lipinski definition) is 1. The van der Waals surface area contributed by atoms with E-state index >= 15 is 0 Å². The van der Waals surface area contributed by atoms with E-state index < -0.39 is 5.60 Å². The molecule has 0 aliphatic heterocycles. The quantitative estimate of drug-likeness (QED) is 0.803. The molecule has 0 fully saturated rings. The minimum Gasteiger partial charge on any atom is -0.389 e. The fourth-order valence-electron chi connectivity index (χ4n) is 2.86. The minimum atomic E-state index is -0.782. The van der Waals surface area contributed by atoms with Crippen molar-refractivity contribution in [2.75, 3.05) is 0 Å². The van der Waals surface area contributed by atoms with Crippen LogP contribution in [0, 0.1) is 6.92 Å². The molecule has 0 radical (unpaired) electrons. The summed E-state index contributed by atoms with van der Waals surface area (Å²) in [6.07, 6.45) is 0.832. The predicted octanol–water partition coefficient (Wildman–Crippen LogP) is 3.23. The number of rotatable bonds is 3. The van der Waals surface area contributed by atoms with Crippen molar-refractivity contribution in [1.82, 2.24) is 14.5 Å². The van der Waals surface area contributed by atoms with Crippen molar-refractivity contribution in [1.29, 1.82) is 0 Å². The van der Waals surface area contributed by atoms with E-state index in [1.807, 2.05) is 39.0 Å². The summed E-state index contributed by atoms with van der Waals surface area (Å²) < 4.78 is 2.15. The van der Waals surface area contributed by atoms with Gasteiger partial charge in [-0.25, -0.2) is 4.98 Å². The van der Waals surface area contributed by atoms with Crippen LogP contribution >= 0.6 is 0 Å². The summed E-state index contributed by atoms with van der Waals surface area (Å²) in [7, 11) is 0. The second-order valence-electron chi connectivity index (χ2n) is 6.19. The average Bonchev–Trinajstić information content (AvgIpc) is 2.76. The summed E-state index contributed by atoms with van der Waals surface area (Å²) in [4.78, 5) is 9.41. The van der Waals surface area contributed by atoms with Gasteiger partial charge in [-0.2, -0.15) is 0 Å². The number of aromatic nitrogens is 3. The molecule has 0 aliphatic carbocycles. The van der Waals surface area contributed by atoms with Crippen molar-refractivity contribution in [2.45, 2.75) is 46.3 Å². The van der Waals surface area contributed by atoms with Crippen LogP contribution in [0.15, 0.2) is 24.3 Å². The lowest BCUT2D eigenvalue weighted by Crippen LogP contribution is -2.27. The zero-order valence-corrected chi connectivity index (χ0v) is 13.0. The summed E-state index contributed by atoms with van der Waals surface area (Å²) in [5, 5.41) is 11.3. The summed E-state index contributed by atoms with van der Waals surface area (Å²) >= 11 is 0. The van der Waals surface area contributed by atoms with Gasteiger partial charge in [-0.15, -0.1) is 0 Å². The zero-order chi connectivity index (χ0) is 15.2. The van der Waals surface area contributed by atoms with Crippen LogP contribution in [-0.2, 0) is 13.0 Å². The van der Waals surface area contributed by atoms with Crippen molar-refractivity contribution in [3.8, 4) is 0 Å². The first-order chi connectivity index (χ1) is 9.90. The monoisotopic (exact) mass is 283 g/mol. The molecule has 0 saturated carbocycles. The first kappa shape index (κ1) is 14.0. The molecule has 0 unspecified atom stereocenters. The molecule has 1 aromatic carbocycles. The second kappa shape index (κ2) is 4.81. The molecule has 0 saturated heterocycles. The highest BCUT2D eigenvalue weighted by molar-refractivity contribution is 6.03. The third kappa shape index (κ3) is 2.40. The number of aryl methyl sites for hydroxylation is 2. The number of hydrogen-bond acceptors (Lipinski definition) is 3. The Bertz CT molecular complexity index is 812.